The van der Waals surface area contributed by atoms with E-state index in [-0.39, 0.29) is 43.8 Å². The molecule has 4 rings (SSSR count). The Balaban J connectivity index is 1.41. The van der Waals surface area contributed by atoms with Crippen molar-refractivity contribution in [1.82, 2.24) is 15.5 Å². The van der Waals surface area contributed by atoms with E-state index in [1.807, 2.05) is 19.1 Å². The van der Waals surface area contributed by atoms with Gasteiger partial charge in [-0.05, 0) is 43.7 Å². The highest BCUT2D eigenvalue weighted by atomic mass is 16.5. The van der Waals surface area contributed by atoms with Gasteiger partial charge in [0.2, 0.25) is 11.8 Å². The number of rotatable bonds is 5. The summed E-state index contributed by atoms with van der Waals surface area (Å²) in [6, 6.07) is 8.74. The second kappa shape index (κ2) is 8.94. The third-order valence-electron chi connectivity index (χ3n) is 5.90. The number of aryl methyl sites for hydroxylation is 1. The molecule has 2 aliphatic rings. The van der Waals surface area contributed by atoms with E-state index in [9.17, 15) is 14.4 Å². The third kappa shape index (κ3) is 4.71. The van der Waals surface area contributed by atoms with E-state index in [1.165, 1.54) is 7.11 Å². The van der Waals surface area contributed by atoms with Crippen LogP contribution in [0, 0.1) is 6.92 Å². The fourth-order valence-corrected chi connectivity index (χ4v) is 4.03. The lowest BCUT2D eigenvalue weighted by Gasteiger charge is -2.32. The Kier molecular flexibility index (Phi) is 6.07. The second-order valence-corrected chi connectivity index (χ2v) is 8.18. The molecule has 1 aromatic carbocycles. The van der Waals surface area contributed by atoms with E-state index < -0.39 is 5.60 Å². The molecule has 9 heteroatoms. The zero-order valence-corrected chi connectivity index (χ0v) is 18.2. The van der Waals surface area contributed by atoms with Gasteiger partial charge in [-0.2, -0.15) is 0 Å². The Labute approximate surface area is 186 Å². The number of hydrogen-bond acceptors (Lipinski definition) is 6. The summed E-state index contributed by atoms with van der Waals surface area (Å²) in [4.78, 5) is 39.2. The number of carbonyl (C=O) groups excluding carboxylic acids is 3. The maximum absolute atomic E-state index is 12.7. The molecule has 32 heavy (non-hydrogen) atoms. The largest absolute Gasteiger partial charge is 0.497 e. The zero-order valence-electron chi connectivity index (χ0n) is 18.2. The summed E-state index contributed by atoms with van der Waals surface area (Å²) in [7, 11) is 1.54. The van der Waals surface area contributed by atoms with E-state index in [1.54, 1.807) is 23.1 Å². The lowest BCUT2D eigenvalue weighted by atomic mass is 9.94. The number of hydrogen-bond donors (Lipinski definition) is 2. The minimum Gasteiger partial charge on any atom is -0.497 e. The molecule has 0 bridgehead atoms. The number of carbonyl (C=O) groups is 3. The predicted molar refractivity (Wildman–Crippen MR) is 114 cm³/mol. The summed E-state index contributed by atoms with van der Waals surface area (Å²) >= 11 is 0. The fraction of sp³-hybridized carbons (Fsp3) is 0.435. The van der Waals surface area contributed by atoms with Crippen molar-refractivity contribution in [2.45, 2.75) is 38.3 Å². The molecule has 3 heterocycles. The molecule has 0 aliphatic carbocycles. The van der Waals surface area contributed by atoms with Crippen molar-refractivity contribution in [1.29, 1.82) is 0 Å². The molecule has 1 atom stereocenters. The van der Waals surface area contributed by atoms with Crippen molar-refractivity contribution in [3.05, 3.63) is 47.4 Å². The summed E-state index contributed by atoms with van der Waals surface area (Å²) in [6.07, 6.45) is 1.17. The van der Waals surface area contributed by atoms with Gasteiger partial charge in [-0.25, -0.2) is 0 Å². The van der Waals surface area contributed by atoms with E-state index in [2.05, 4.69) is 10.6 Å². The molecule has 1 aromatic heterocycles. The Bertz CT molecular complexity index is 1030. The number of methoxy groups -OCH3 is 1. The van der Waals surface area contributed by atoms with Crippen LogP contribution in [-0.2, 0) is 16.1 Å². The van der Waals surface area contributed by atoms with Crippen LogP contribution in [0.15, 0.2) is 34.7 Å². The number of fused-ring (bicyclic) bond motifs is 1. The molecule has 1 fully saturated rings. The van der Waals surface area contributed by atoms with Gasteiger partial charge < -0.3 is 29.4 Å². The van der Waals surface area contributed by atoms with Gasteiger partial charge in [-0.1, -0.05) is 0 Å². The number of benzene rings is 1. The molecule has 2 N–H and O–H groups in total. The standard InChI is InChI=1S/C23H27N3O6/c1-15-3-4-17(31-15)12-24-20(27)13-26-10-9-23(8-7-21(26)28)14-25-22(29)18-11-16(30-2)5-6-19(18)32-23/h3-6,11H,7-10,12-14H2,1-2H3,(H,24,27)(H,25,29). The first-order chi connectivity index (χ1) is 15.4. The summed E-state index contributed by atoms with van der Waals surface area (Å²) < 4.78 is 17.0. The van der Waals surface area contributed by atoms with Crippen LogP contribution in [0.25, 0.3) is 0 Å². The average Bonchev–Trinajstić information content (AvgIpc) is 3.08. The minimum atomic E-state index is -0.720. The fourth-order valence-electron chi connectivity index (χ4n) is 4.03. The number of nitrogens with one attached hydrogen (secondary N) is 2. The van der Waals surface area contributed by atoms with Crippen LogP contribution in [0.2, 0.25) is 0 Å². The number of furan rings is 1. The van der Waals surface area contributed by atoms with Crippen LogP contribution in [0.1, 0.15) is 41.1 Å². The van der Waals surface area contributed by atoms with Crippen LogP contribution >= 0.6 is 0 Å². The Morgan fingerprint density at radius 2 is 2.09 bits per heavy atom. The summed E-state index contributed by atoms with van der Waals surface area (Å²) in [5, 5.41) is 5.70. The molecule has 2 aromatic rings. The van der Waals surface area contributed by atoms with Gasteiger partial charge in [0, 0.05) is 19.4 Å². The Morgan fingerprint density at radius 1 is 1.25 bits per heavy atom. The first kappa shape index (κ1) is 21.7. The quantitative estimate of drug-likeness (QED) is 0.732. The Hall–Kier alpha value is -3.49. The van der Waals surface area contributed by atoms with Crippen LogP contribution in [0.4, 0.5) is 0 Å². The number of likely N-dealkylation sites (tertiary alicyclic amines) is 1. The van der Waals surface area contributed by atoms with Gasteiger partial charge in [-0.3, -0.25) is 14.4 Å². The number of ether oxygens (including phenoxy) is 2. The molecule has 1 unspecified atom stereocenters. The first-order valence-electron chi connectivity index (χ1n) is 10.6. The molecule has 0 radical (unpaired) electrons. The SMILES string of the molecule is COc1ccc2c(c1)C(=O)NCC1(CCC(=O)N(CC(=O)NCc3ccc(C)o3)CC1)O2. The molecule has 3 amide bonds. The topological polar surface area (TPSA) is 110 Å². The van der Waals surface area contributed by atoms with Crippen molar-refractivity contribution in [2.24, 2.45) is 0 Å². The maximum Gasteiger partial charge on any atom is 0.255 e. The number of amides is 3. The van der Waals surface area contributed by atoms with Crippen LogP contribution in [0.5, 0.6) is 11.5 Å². The highest BCUT2D eigenvalue weighted by Crippen LogP contribution is 2.34. The van der Waals surface area contributed by atoms with Crippen molar-refractivity contribution >= 4 is 17.7 Å². The monoisotopic (exact) mass is 441 g/mol. The highest BCUT2D eigenvalue weighted by molar-refractivity contribution is 5.97. The van der Waals surface area contributed by atoms with Crippen molar-refractivity contribution in [3.63, 3.8) is 0 Å². The summed E-state index contributed by atoms with van der Waals surface area (Å²) in [5.74, 6) is 1.86. The van der Waals surface area contributed by atoms with Crippen molar-refractivity contribution < 1.29 is 28.3 Å². The molecule has 0 saturated carbocycles. The van der Waals surface area contributed by atoms with Crippen molar-refractivity contribution in [3.8, 4) is 11.5 Å². The van der Waals surface area contributed by atoms with Crippen LogP contribution in [-0.4, -0.2) is 55.0 Å². The average molecular weight is 441 g/mol. The smallest absolute Gasteiger partial charge is 0.255 e. The molecular weight excluding hydrogens is 414 g/mol. The first-order valence-corrected chi connectivity index (χ1v) is 10.6. The van der Waals surface area contributed by atoms with Gasteiger partial charge in [0.15, 0.2) is 0 Å². The summed E-state index contributed by atoms with van der Waals surface area (Å²) in [5.41, 5.74) is -0.316. The van der Waals surface area contributed by atoms with Crippen molar-refractivity contribution in [2.75, 3.05) is 26.7 Å². The highest BCUT2D eigenvalue weighted by Gasteiger charge is 2.40. The van der Waals surface area contributed by atoms with E-state index in [4.69, 9.17) is 13.9 Å². The van der Waals surface area contributed by atoms with Gasteiger partial charge >= 0.3 is 0 Å². The molecule has 170 valence electrons. The normalized spacial score (nSPS) is 20.6. The predicted octanol–water partition coefficient (Wildman–Crippen LogP) is 1.79. The van der Waals surface area contributed by atoms with Crippen LogP contribution in [0.3, 0.4) is 0 Å². The zero-order chi connectivity index (χ0) is 22.7. The molecule has 9 nitrogen and oxygen atoms in total. The molecule has 2 aliphatic heterocycles. The molecular formula is C23H27N3O6. The minimum absolute atomic E-state index is 0.0330. The van der Waals surface area contributed by atoms with Crippen LogP contribution < -0.4 is 20.1 Å². The van der Waals surface area contributed by atoms with E-state index in [0.717, 1.165) is 5.76 Å². The van der Waals surface area contributed by atoms with Gasteiger partial charge in [0.25, 0.3) is 5.91 Å². The van der Waals surface area contributed by atoms with Gasteiger partial charge in [0.05, 0.1) is 32.3 Å². The van der Waals surface area contributed by atoms with E-state index in [0.29, 0.717) is 42.2 Å². The number of nitrogens with zero attached hydrogens (tertiary/aromatic N) is 1. The maximum atomic E-state index is 12.7. The lowest BCUT2D eigenvalue weighted by molar-refractivity contribution is -0.135. The Morgan fingerprint density at radius 3 is 2.84 bits per heavy atom. The summed E-state index contributed by atoms with van der Waals surface area (Å²) in [6.45, 7) is 2.72. The van der Waals surface area contributed by atoms with Gasteiger partial charge in [0.1, 0.15) is 28.6 Å². The molecule has 1 spiro atoms. The second-order valence-electron chi connectivity index (χ2n) is 8.18. The third-order valence-corrected chi connectivity index (χ3v) is 5.90. The van der Waals surface area contributed by atoms with Gasteiger partial charge in [-0.15, -0.1) is 0 Å². The van der Waals surface area contributed by atoms with E-state index >= 15 is 0 Å². The lowest BCUT2D eigenvalue weighted by Crippen LogP contribution is -2.46. The molecule has 1 saturated heterocycles.